The molecule has 136 valence electrons. The quantitative estimate of drug-likeness (QED) is 0.584. The van der Waals surface area contributed by atoms with Gasteiger partial charge in [0.25, 0.3) is 11.8 Å². The van der Waals surface area contributed by atoms with Crippen molar-refractivity contribution in [1.82, 2.24) is 9.97 Å². The fraction of sp³-hybridized carbons (Fsp3) is 0. The van der Waals surface area contributed by atoms with Crippen molar-refractivity contribution in [3.8, 4) is 0 Å². The molecule has 2 amide bonds. The van der Waals surface area contributed by atoms with Crippen LogP contribution in [0.2, 0.25) is 15.2 Å². The molecule has 0 radical (unpaired) electrons. The molecule has 0 aliphatic carbocycles. The van der Waals surface area contributed by atoms with Crippen molar-refractivity contribution in [2.45, 2.75) is 0 Å². The molecular weight excluding hydrogens is 411 g/mol. The van der Waals surface area contributed by atoms with Crippen LogP contribution in [-0.2, 0) is 0 Å². The fourth-order valence-electron chi connectivity index (χ4n) is 2.18. The first-order chi connectivity index (χ1) is 12.9. The summed E-state index contributed by atoms with van der Waals surface area (Å²) in [5.41, 5.74) is 0.478. The van der Waals surface area contributed by atoms with Gasteiger partial charge in [0.15, 0.2) is 0 Å². The van der Waals surface area contributed by atoms with Crippen molar-refractivity contribution in [3.63, 3.8) is 0 Å². The fourth-order valence-corrected chi connectivity index (χ4v) is 2.63. The van der Waals surface area contributed by atoms with Crippen LogP contribution in [0.15, 0.2) is 54.7 Å². The van der Waals surface area contributed by atoms with E-state index in [4.69, 9.17) is 34.8 Å². The third-order valence-corrected chi connectivity index (χ3v) is 4.16. The maximum absolute atomic E-state index is 12.6. The Kier molecular flexibility index (Phi) is 5.91. The molecule has 0 fully saturated rings. The lowest BCUT2D eigenvalue weighted by atomic mass is 10.1. The average Bonchev–Trinajstić information content (AvgIpc) is 2.66. The van der Waals surface area contributed by atoms with Gasteiger partial charge in [0, 0.05) is 6.20 Å². The topological polar surface area (TPSA) is 84.0 Å². The lowest BCUT2D eigenvalue weighted by molar-refractivity contribution is 0.102. The number of hydrogen-bond donors (Lipinski definition) is 2. The van der Waals surface area contributed by atoms with Gasteiger partial charge in [-0.2, -0.15) is 0 Å². The zero-order valence-corrected chi connectivity index (χ0v) is 15.8. The summed E-state index contributed by atoms with van der Waals surface area (Å²) in [6, 6.07) is 12.6. The standard InChI is InChI=1S/C18H11Cl3N4O2/c19-10-5-8-15(22-9-10)25-17(26)11-3-1-2-4-13(11)23-18(27)16-12(20)6-7-14(21)24-16/h1-9H,(H,23,27)(H,22,25,26). The smallest absolute Gasteiger partial charge is 0.275 e. The third-order valence-electron chi connectivity index (χ3n) is 3.42. The van der Waals surface area contributed by atoms with Gasteiger partial charge in [-0.25, -0.2) is 9.97 Å². The number of hydrogen-bond acceptors (Lipinski definition) is 4. The van der Waals surface area contributed by atoms with E-state index in [9.17, 15) is 9.59 Å². The Morgan fingerprint density at radius 1 is 0.852 bits per heavy atom. The monoisotopic (exact) mass is 420 g/mol. The van der Waals surface area contributed by atoms with Gasteiger partial charge in [0.1, 0.15) is 16.7 Å². The zero-order valence-electron chi connectivity index (χ0n) is 13.5. The lowest BCUT2D eigenvalue weighted by Gasteiger charge is -2.11. The average molecular weight is 422 g/mol. The number of benzene rings is 1. The Balaban J connectivity index is 1.83. The molecule has 6 nitrogen and oxygen atoms in total. The third kappa shape index (κ3) is 4.74. The van der Waals surface area contributed by atoms with Crippen LogP contribution < -0.4 is 10.6 Å². The molecule has 0 aliphatic heterocycles. The van der Waals surface area contributed by atoms with Crippen molar-refractivity contribution in [1.29, 1.82) is 0 Å². The van der Waals surface area contributed by atoms with E-state index in [1.165, 1.54) is 18.3 Å². The van der Waals surface area contributed by atoms with E-state index >= 15 is 0 Å². The molecule has 2 aromatic heterocycles. The van der Waals surface area contributed by atoms with Crippen LogP contribution in [0, 0.1) is 0 Å². The molecule has 3 rings (SSSR count). The van der Waals surface area contributed by atoms with Gasteiger partial charge in [0.2, 0.25) is 0 Å². The first-order valence-corrected chi connectivity index (χ1v) is 8.73. The molecule has 9 heteroatoms. The van der Waals surface area contributed by atoms with Crippen LogP contribution in [0.1, 0.15) is 20.8 Å². The van der Waals surface area contributed by atoms with Crippen LogP contribution in [0.5, 0.6) is 0 Å². The highest BCUT2D eigenvalue weighted by Gasteiger charge is 2.17. The number of rotatable bonds is 4. The van der Waals surface area contributed by atoms with Gasteiger partial charge in [-0.05, 0) is 36.4 Å². The summed E-state index contributed by atoms with van der Waals surface area (Å²) < 4.78 is 0. The van der Waals surface area contributed by atoms with E-state index < -0.39 is 11.8 Å². The Bertz CT molecular complexity index is 1010. The van der Waals surface area contributed by atoms with Crippen molar-refractivity contribution < 1.29 is 9.59 Å². The van der Waals surface area contributed by atoms with Gasteiger partial charge in [-0.1, -0.05) is 46.9 Å². The molecule has 2 heterocycles. The summed E-state index contributed by atoms with van der Waals surface area (Å²) in [6.07, 6.45) is 1.41. The second-order valence-electron chi connectivity index (χ2n) is 5.28. The lowest BCUT2D eigenvalue weighted by Crippen LogP contribution is -2.19. The highest BCUT2D eigenvalue weighted by Crippen LogP contribution is 2.21. The van der Waals surface area contributed by atoms with Gasteiger partial charge >= 0.3 is 0 Å². The number of nitrogens with one attached hydrogen (secondary N) is 2. The van der Waals surface area contributed by atoms with E-state index in [-0.39, 0.29) is 27.1 Å². The summed E-state index contributed by atoms with van der Waals surface area (Å²) >= 11 is 17.6. The number of carbonyl (C=O) groups is 2. The van der Waals surface area contributed by atoms with E-state index in [0.29, 0.717) is 10.8 Å². The van der Waals surface area contributed by atoms with Crippen LogP contribution in [0.25, 0.3) is 0 Å². The first-order valence-electron chi connectivity index (χ1n) is 7.59. The number of nitrogens with zero attached hydrogens (tertiary/aromatic N) is 2. The minimum atomic E-state index is -0.590. The van der Waals surface area contributed by atoms with E-state index in [1.54, 1.807) is 36.4 Å². The van der Waals surface area contributed by atoms with Crippen molar-refractivity contribution >= 4 is 58.1 Å². The van der Waals surface area contributed by atoms with E-state index in [2.05, 4.69) is 20.6 Å². The predicted octanol–water partition coefficient (Wildman–Crippen LogP) is 4.94. The second-order valence-corrected chi connectivity index (χ2v) is 6.51. The number of carbonyl (C=O) groups excluding carboxylic acids is 2. The molecule has 27 heavy (non-hydrogen) atoms. The minimum Gasteiger partial charge on any atom is -0.320 e. The predicted molar refractivity (Wildman–Crippen MR) is 106 cm³/mol. The highest BCUT2D eigenvalue weighted by atomic mass is 35.5. The zero-order chi connectivity index (χ0) is 19.4. The number of aromatic nitrogens is 2. The normalized spacial score (nSPS) is 10.3. The van der Waals surface area contributed by atoms with Gasteiger partial charge in [0.05, 0.1) is 21.3 Å². The van der Waals surface area contributed by atoms with Gasteiger partial charge < -0.3 is 10.6 Å². The number of para-hydroxylation sites is 1. The molecule has 0 saturated carbocycles. The molecule has 0 spiro atoms. The largest absolute Gasteiger partial charge is 0.320 e. The Labute approximate surface area is 169 Å². The molecule has 0 bridgehead atoms. The Morgan fingerprint density at radius 2 is 1.63 bits per heavy atom. The maximum Gasteiger partial charge on any atom is 0.275 e. The summed E-state index contributed by atoms with van der Waals surface area (Å²) in [5, 5.41) is 5.98. The van der Waals surface area contributed by atoms with Crippen molar-refractivity contribution in [3.05, 3.63) is 81.2 Å². The molecule has 1 aromatic carbocycles. The summed E-state index contributed by atoms with van der Waals surface area (Å²) in [7, 11) is 0. The molecule has 3 aromatic rings. The highest BCUT2D eigenvalue weighted by molar-refractivity contribution is 6.35. The van der Waals surface area contributed by atoms with Crippen LogP contribution in [0.4, 0.5) is 11.5 Å². The Morgan fingerprint density at radius 3 is 2.37 bits per heavy atom. The van der Waals surface area contributed by atoms with E-state index in [0.717, 1.165) is 0 Å². The van der Waals surface area contributed by atoms with Gasteiger partial charge in [-0.3, -0.25) is 9.59 Å². The first kappa shape index (κ1) is 19.1. The minimum absolute atomic E-state index is 0.0428. The van der Waals surface area contributed by atoms with Crippen molar-refractivity contribution in [2.24, 2.45) is 0 Å². The van der Waals surface area contributed by atoms with Crippen LogP contribution in [-0.4, -0.2) is 21.8 Å². The maximum atomic E-state index is 12.6. The second kappa shape index (κ2) is 8.35. The van der Waals surface area contributed by atoms with E-state index in [1.807, 2.05) is 0 Å². The van der Waals surface area contributed by atoms with Gasteiger partial charge in [-0.15, -0.1) is 0 Å². The molecule has 0 aliphatic rings. The number of anilines is 2. The number of halogens is 3. The van der Waals surface area contributed by atoms with Crippen LogP contribution >= 0.6 is 34.8 Å². The number of pyridine rings is 2. The molecule has 0 unspecified atom stereocenters. The molecule has 0 saturated heterocycles. The molecule has 2 N–H and O–H groups in total. The summed E-state index contributed by atoms with van der Waals surface area (Å²) in [6.45, 7) is 0. The van der Waals surface area contributed by atoms with Crippen LogP contribution in [0.3, 0.4) is 0 Å². The molecular formula is C18H11Cl3N4O2. The Hall–Kier alpha value is -2.67. The summed E-state index contributed by atoms with van der Waals surface area (Å²) in [4.78, 5) is 33.0. The summed E-state index contributed by atoms with van der Waals surface area (Å²) in [5.74, 6) is -0.719. The molecule has 0 atom stereocenters. The SMILES string of the molecule is O=C(Nc1ccc(Cl)cn1)c1ccccc1NC(=O)c1nc(Cl)ccc1Cl. The van der Waals surface area contributed by atoms with Crippen molar-refractivity contribution in [2.75, 3.05) is 10.6 Å². The number of amides is 2.